The van der Waals surface area contributed by atoms with E-state index in [9.17, 15) is 19.8 Å². The second-order valence-electron chi connectivity index (χ2n) is 8.47. The minimum atomic E-state index is -0.706. The molecule has 0 bridgehead atoms. The molecule has 0 saturated carbocycles. The zero-order valence-electron chi connectivity index (χ0n) is 17.0. The van der Waals surface area contributed by atoms with Gasteiger partial charge in [0.2, 0.25) is 0 Å². The van der Waals surface area contributed by atoms with Gasteiger partial charge in [-0.25, -0.2) is 9.59 Å². The summed E-state index contributed by atoms with van der Waals surface area (Å²) in [4.78, 5) is 24.7. The van der Waals surface area contributed by atoms with Crippen LogP contribution in [0.1, 0.15) is 62.3 Å². The van der Waals surface area contributed by atoms with Gasteiger partial charge in [0.25, 0.3) is 0 Å². The predicted octanol–water partition coefficient (Wildman–Crippen LogP) is 4.68. The maximum atomic E-state index is 12.4. The molecule has 150 valence electrons. The van der Waals surface area contributed by atoms with Gasteiger partial charge < -0.3 is 19.7 Å². The van der Waals surface area contributed by atoms with Crippen LogP contribution >= 0.6 is 0 Å². The highest BCUT2D eigenvalue weighted by Gasteiger charge is 2.23. The maximum Gasteiger partial charge on any atom is 0.342 e. The third-order valence-electron chi connectivity index (χ3n) is 3.56. The van der Waals surface area contributed by atoms with Crippen LogP contribution in [0.15, 0.2) is 36.4 Å². The number of benzene rings is 2. The number of phenols is 2. The van der Waals surface area contributed by atoms with E-state index in [1.165, 1.54) is 24.3 Å². The quantitative estimate of drug-likeness (QED) is 0.744. The van der Waals surface area contributed by atoms with Gasteiger partial charge in [-0.1, -0.05) is 12.1 Å². The summed E-state index contributed by atoms with van der Waals surface area (Å²) in [5.41, 5.74) is -0.241. The van der Waals surface area contributed by atoms with Gasteiger partial charge in [-0.2, -0.15) is 0 Å². The molecule has 0 aliphatic carbocycles. The molecule has 0 fully saturated rings. The molecule has 0 heterocycles. The number of hydrogen-bond acceptors (Lipinski definition) is 6. The Balaban J connectivity index is 2.43. The predicted molar refractivity (Wildman–Crippen MR) is 106 cm³/mol. The second-order valence-corrected chi connectivity index (χ2v) is 8.47. The molecule has 0 spiro atoms. The van der Waals surface area contributed by atoms with E-state index in [2.05, 4.69) is 0 Å². The lowest BCUT2D eigenvalue weighted by Crippen LogP contribution is -2.24. The monoisotopic (exact) mass is 386 g/mol. The Morgan fingerprint density at radius 1 is 0.679 bits per heavy atom. The normalized spacial score (nSPS) is 11.8. The summed E-state index contributed by atoms with van der Waals surface area (Å²) < 4.78 is 10.6. The first-order chi connectivity index (χ1) is 12.8. The van der Waals surface area contributed by atoms with Crippen molar-refractivity contribution in [1.82, 2.24) is 0 Å². The Kier molecular flexibility index (Phi) is 5.73. The summed E-state index contributed by atoms with van der Waals surface area (Å²) in [6, 6.07) is 8.94. The summed E-state index contributed by atoms with van der Waals surface area (Å²) >= 11 is 0. The summed E-state index contributed by atoms with van der Waals surface area (Å²) in [7, 11) is 0. The molecule has 28 heavy (non-hydrogen) atoms. The lowest BCUT2D eigenvalue weighted by molar-refractivity contribution is 0.00536. The number of esters is 2. The highest BCUT2D eigenvalue weighted by molar-refractivity contribution is 5.96. The standard InChI is InChI=1S/C22H26O6/c1-21(2,3)27-19(25)15-11-13(7-9-17(15)23)14-8-10-18(24)16(12-14)20(26)28-22(4,5)6/h7-12,23-24H,1-6H3. The molecule has 2 aromatic carbocycles. The second kappa shape index (κ2) is 7.54. The third-order valence-corrected chi connectivity index (χ3v) is 3.56. The topological polar surface area (TPSA) is 93.1 Å². The maximum absolute atomic E-state index is 12.4. The SMILES string of the molecule is CC(C)(C)OC(=O)c1cc(-c2ccc(O)c(C(=O)OC(C)(C)C)c2)ccc1O. The average Bonchev–Trinajstić information content (AvgIpc) is 2.52. The lowest BCUT2D eigenvalue weighted by Gasteiger charge is -2.20. The summed E-state index contributed by atoms with van der Waals surface area (Å²) in [6.45, 7) is 10.4. The fourth-order valence-corrected chi connectivity index (χ4v) is 2.42. The van der Waals surface area contributed by atoms with Crippen molar-refractivity contribution in [1.29, 1.82) is 0 Å². The molecule has 2 rings (SSSR count). The molecule has 0 atom stereocenters. The molecular formula is C22H26O6. The van der Waals surface area contributed by atoms with Crippen molar-refractivity contribution in [2.75, 3.05) is 0 Å². The molecule has 2 aromatic rings. The van der Waals surface area contributed by atoms with E-state index in [1.54, 1.807) is 53.7 Å². The van der Waals surface area contributed by atoms with Crippen LogP contribution in [0.25, 0.3) is 11.1 Å². The summed E-state index contributed by atoms with van der Waals surface area (Å²) in [5.74, 6) is -1.72. The van der Waals surface area contributed by atoms with Crippen LogP contribution in [-0.4, -0.2) is 33.4 Å². The molecule has 0 aliphatic rings. The van der Waals surface area contributed by atoms with Crippen molar-refractivity contribution < 1.29 is 29.3 Å². The Labute approximate surface area is 164 Å². The number of carbonyl (C=O) groups excluding carboxylic acids is 2. The minimum absolute atomic E-state index is 0.0133. The third kappa shape index (κ3) is 5.49. The fourth-order valence-electron chi connectivity index (χ4n) is 2.42. The van der Waals surface area contributed by atoms with E-state index < -0.39 is 23.1 Å². The average molecular weight is 386 g/mol. The van der Waals surface area contributed by atoms with Crippen LogP contribution < -0.4 is 0 Å². The van der Waals surface area contributed by atoms with E-state index in [0.29, 0.717) is 11.1 Å². The highest BCUT2D eigenvalue weighted by atomic mass is 16.6. The molecule has 6 nitrogen and oxygen atoms in total. The number of carbonyl (C=O) groups is 2. The molecular weight excluding hydrogens is 360 g/mol. The van der Waals surface area contributed by atoms with Gasteiger partial charge in [0.05, 0.1) is 0 Å². The molecule has 0 aliphatic heterocycles. The van der Waals surface area contributed by atoms with E-state index in [-0.39, 0.29) is 22.6 Å². The number of ether oxygens (including phenoxy) is 2. The zero-order chi connectivity index (χ0) is 21.3. The van der Waals surface area contributed by atoms with Crippen LogP contribution in [0, 0.1) is 0 Å². The van der Waals surface area contributed by atoms with Crippen LogP contribution in [0.2, 0.25) is 0 Å². The molecule has 0 saturated heterocycles. The van der Waals surface area contributed by atoms with Gasteiger partial charge in [-0.3, -0.25) is 0 Å². The molecule has 0 radical (unpaired) electrons. The van der Waals surface area contributed by atoms with Crippen molar-refractivity contribution in [2.24, 2.45) is 0 Å². The molecule has 0 unspecified atom stereocenters. The van der Waals surface area contributed by atoms with Gasteiger partial charge in [0, 0.05) is 0 Å². The van der Waals surface area contributed by atoms with Gasteiger partial charge in [-0.05, 0) is 76.9 Å². The van der Waals surface area contributed by atoms with E-state index in [1.807, 2.05) is 0 Å². The number of rotatable bonds is 3. The molecule has 0 amide bonds. The number of aromatic hydroxyl groups is 2. The highest BCUT2D eigenvalue weighted by Crippen LogP contribution is 2.31. The van der Waals surface area contributed by atoms with Crippen LogP contribution in [0.4, 0.5) is 0 Å². The first kappa shape index (κ1) is 21.3. The first-order valence-corrected chi connectivity index (χ1v) is 8.90. The Bertz CT molecular complexity index is 825. The molecule has 0 aromatic heterocycles. The van der Waals surface area contributed by atoms with Gasteiger partial charge in [-0.15, -0.1) is 0 Å². The zero-order valence-corrected chi connectivity index (χ0v) is 17.0. The fraction of sp³-hybridized carbons (Fsp3) is 0.364. The summed E-state index contributed by atoms with van der Waals surface area (Å²) in [6.07, 6.45) is 0. The largest absolute Gasteiger partial charge is 0.507 e. The van der Waals surface area contributed by atoms with E-state index >= 15 is 0 Å². The van der Waals surface area contributed by atoms with Crippen molar-refractivity contribution in [3.05, 3.63) is 47.5 Å². The molecule has 2 N–H and O–H groups in total. The van der Waals surface area contributed by atoms with Crippen molar-refractivity contribution in [2.45, 2.75) is 52.7 Å². The summed E-state index contributed by atoms with van der Waals surface area (Å²) in [5, 5.41) is 20.1. The smallest absolute Gasteiger partial charge is 0.342 e. The van der Waals surface area contributed by atoms with Crippen molar-refractivity contribution in [3.63, 3.8) is 0 Å². The number of hydrogen-bond donors (Lipinski definition) is 2. The molecule has 6 heteroatoms. The Hall–Kier alpha value is -3.02. The Morgan fingerprint density at radius 2 is 1.00 bits per heavy atom. The van der Waals surface area contributed by atoms with Crippen LogP contribution in [-0.2, 0) is 9.47 Å². The van der Waals surface area contributed by atoms with Crippen LogP contribution in [0.3, 0.4) is 0 Å². The Morgan fingerprint density at radius 3 is 1.29 bits per heavy atom. The van der Waals surface area contributed by atoms with Crippen LogP contribution in [0.5, 0.6) is 11.5 Å². The van der Waals surface area contributed by atoms with Crippen molar-refractivity contribution in [3.8, 4) is 22.6 Å². The lowest BCUT2D eigenvalue weighted by atomic mass is 9.99. The minimum Gasteiger partial charge on any atom is -0.507 e. The van der Waals surface area contributed by atoms with E-state index in [4.69, 9.17) is 9.47 Å². The van der Waals surface area contributed by atoms with Gasteiger partial charge in [0.1, 0.15) is 33.8 Å². The van der Waals surface area contributed by atoms with Gasteiger partial charge in [0.15, 0.2) is 0 Å². The number of phenolic OH excluding ortho intramolecular Hbond substituents is 2. The first-order valence-electron chi connectivity index (χ1n) is 8.90. The van der Waals surface area contributed by atoms with Crippen molar-refractivity contribution >= 4 is 11.9 Å². The van der Waals surface area contributed by atoms with E-state index in [0.717, 1.165) is 0 Å². The van der Waals surface area contributed by atoms with Gasteiger partial charge >= 0.3 is 11.9 Å².